The van der Waals surface area contributed by atoms with Crippen molar-refractivity contribution in [1.82, 2.24) is 0 Å². The van der Waals surface area contributed by atoms with Crippen LogP contribution in [0.1, 0.15) is 52.9 Å². The second-order valence-corrected chi connectivity index (χ2v) is 9.21. The molecule has 0 radical (unpaired) electrons. The summed E-state index contributed by atoms with van der Waals surface area (Å²) in [4.78, 5) is 28.6. The number of anilines is 1. The topological polar surface area (TPSA) is 57.6 Å². The lowest BCUT2D eigenvalue weighted by Crippen LogP contribution is -2.29. The molecule has 2 heterocycles. The second-order valence-electron chi connectivity index (χ2n) is 8.23. The lowest BCUT2D eigenvalue weighted by molar-refractivity contribution is -0.132. The molecule has 1 aliphatic rings. The van der Waals surface area contributed by atoms with Gasteiger partial charge in [0.1, 0.15) is 11.8 Å². The molecule has 1 atom stereocenters. The van der Waals surface area contributed by atoms with E-state index in [1.807, 2.05) is 67.8 Å². The van der Waals surface area contributed by atoms with E-state index in [0.717, 1.165) is 21.6 Å². The molecule has 31 heavy (non-hydrogen) atoms. The average molecular weight is 432 g/mol. The number of aliphatic hydroxyl groups excluding tert-OH is 1. The molecule has 0 bridgehead atoms. The van der Waals surface area contributed by atoms with Crippen molar-refractivity contribution >= 4 is 34.5 Å². The van der Waals surface area contributed by atoms with Gasteiger partial charge in [0.25, 0.3) is 11.7 Å². The lowest BCUT2D eigenvalue weighted by Gasteiger charge is -2.24. The molecule has 0 spiro atoms. The average Bonchev–Trinajstić information content (AvgIpc) is 3.37. The summed E-state index contributed by atoms with van der Waals surface area (Å²) in [5.41, 5.74) is 4.57. The highest BCUT2D eigenvalue weighted by molar-refractivity contribution is 7.10. The minimum atomic E-state index is -0.665. The van der Waals surface area contributed by atoms with Gasteiger partial charge in [-0.1, -0.05) is 44.2 Å². The van der Waals surface area contributed by atoms with Crippen LogP contribution in [0.25, 0.3) is 5.76 Å². The van der Waals surface area contributed by atoms with Gasteiger partial charge in [-0.25, -0.2) is 0 Å². The Balaban J connectivity index is 1.88. The zero-order valence-corrected chi connectivity index (χ0v) is 18.9. The summed E-state index contributed by atoms with van der Waals surface area (Å²) in [7, 11) is 0. The quantitative estimate of drug-likeness (QED) is 0.308. The molecule has 1 N–H and O–H groups in total. The Bertz CT molecular complexity index is 1170. The molecule has 5 heteroatoms. The highest BCUT2D eigenvalue weighted by atomic mass is 32.1. The molecule has 1 amide bonds. The standard InChI is InChI=1S/C26H25NO3S/c1-15(2)18-9-11-20(12-10-18)27-23(21-6-5-13-31-21)22(25(29)26(27)30)24(28)19-8-7-16(3)17(4)14-19/h5-15,23,28H,1-4H3/b24-22-. The van der Waals surface area contributed by atoms with Gasteiger partial charge in [0.2, 0.25) is 0 Å². The van der Waals surface area contributed by atoms with Crippen molar-refractivity contribution in [2.24, 2.45) is 0 Å². The number of ketones is 1. The molecule has 158 valence electrons. The van der Waals surface area contributed by atoms with Crippen LogP contribution in [0, 0.1) is 13.8 Å². The van der Waals surface area contributed by atoms with E-state index >= 15 is 0 Å². The van der Waals surface area contributed by atoms with Crippen molar-refractivity contribution in [3.8, 4) is 0 Å². The Labute approximate surface area is 186 Å². The van der Waals surface area contributed by atoms with Crippen LogP contribution >= 0.6 is 11.3 Å². The summed E-state index contributed by atoms with van der Waals surface area (Å²) in [5, 5.41) is 13.1. The van der Waals surface area contributed by atoms with Crippen LogP contribution in [0.2, 0.25) is 0 Å². The first-order valence-corrected chi connectivity index (χ1v) is 11.2. The van der Waals surface area contributed by atoms with Crippen LogP contribution in [-0.2, 0) is 9.59 Å². The monoisotopic (exact) mass is 431 g/mol. The molecule has 0 aliphatic carbocycles. The zero-order valence-electron chi connectivity index (χ0n) is 18.0. The molecule has 1 unspecified atom stereocenters. The largest absolute Gasteiger partial charge is 0.507 e. The number of thiophene rings is 1. The number of aryl methyl sites for hydroxylation is 2. The number of amides is 1. The number of carbonyl (C=O) groups is 2. The minimum Gasteiger partial charge on any atom is -0.507 e. The van der Waals surface area contributed by atoms with Gasteiger partial charge in [-0.05, 0) is 66.1 Å². The number of hydrogen-bond acceptors (Lipinski definition) is 4. The van der Waals surface area contributed by atoms with Crippen molar-refractivity contribution in [1.29, 1.82) is 0 Å². The molecule has 1 fully saturated rings. The summed E-state index contributed by atoms with van der Waals surface area (Å²) >= 11 is 1.46. The molecule has 2 aromatic carbocycles. The predicted octanol–water partition coefficient (Wildman–Crippen LogP) is 6.11. The van der Waals surface area contributed by atoms with E-state index in [9.17, 15) is 14.7 Å². The predicted molar refractivity (Wildman–Crippen MR) is 126 cm³/mol. The Morgan fingerprint density at radius 2 is 1.71 bits per heavy atom. The van der Waals surface area contributed by atoms with Crippen LogP contribution in [-0.4, -0.2) is 16.8 Å². The van der Waals surface area contributed by atoms with Gasteiger partial charge < -0.3 is 5.11 Å². The number of aliphatic hydroxyl groups is 1. The maximum atomic E-state index is 13.1. The fourth-order valence-corrected chi connectivity index (χ4v) is 4.70. The van der Waals surface area contributed by atoms with Gasteiger partial charge in [-0.2, -0.15) is 0 Å². The number of Topliss-reactive ketones (excluding diaryl/α,β-unsaturated/α-hetero) is 1. The number of rotatable bonds is 4. The van der Waals surface area contributed by atoms with Crippen LogP contribution in [0.15, 0.2) is 65.6 Å². The first-order chi connectivity index (χ1) is 14.8. The van der Waals surface area contributed by atoms with Gasteiger partial charge in [0, 0.05) is 16.1 Å². The summed E-state index contributed by atoms with van der Waals surface area (Å²) in [6.07, 6.45) is 0. The Morgan fingerprint density at radius 1 is 1.00 bits per heavy atom. The first kappa shape index (κ1) is 21.1. The molecule has 1 aliphatic heterocycles. The van der Waals surface area contributed by atoms with Crippen molar-refractivity contribution in [3.05, 3.63) is 92.7 Å². The highest BCUT2D eigenvalue weighted by Crippen LogP contribution is 2.43. The van der Waals surface area contributed by atoms with E-state index in [4.69, 9.17) is 0 Å². The first-order valence-electron chi connectivity index (χ1n) is 10.3. The number of benzene rings is 2. The van der Waals surface area contributed by atoms with E-state index in [0.29, 0.717) is 17.2 Å². The number of nitrogens with zero attached hydrogens (tertiary/aromatic N) is 1. The van der Waals surface area contributed by atoms with Gasteiger partial charge in [-0.3, -0.25) is 14.5 Å². The number of hydrogen-bond donors (Lipinski definition) is 1. The van der Waals surface area contributed by atoms with E-state index in [2.05, 4.69) is 13.8 Å². The summed E-state index contributed by atoms with van der Waals surface area (Å²) < 4.78 is 0. The van der Waals surface area contributed by atoms with E-state index in [-0.39, 0.29) is 11.3 Å². The fraction of sp³-hybridized carbons (Fsp3) is 0.231. The maximum Gasteiger partial charge on any atom is 0.300 e. The summed E-state index contributed by atoms with van der Waals surface area (Å²) in [6, 6.07) is 16.4. The lowest BCUT2D eigenvalue weighted by atomic mass is 9.97. The van der Waals surface area contributed by atoms with Crippen molar-refractivity contribution in [3.63, 3.8) is 0 Å². The minimum absolute atomic E-state index is 0.128. The van der Waals surface area contributed by atoms with E-state index in [1.165, 1.54) is 16.2 Å². The van der Waals surface area contributed by atoms with Crippen LogP contribution in [0.3, 0.4) is 0 Å². The molecule has 4 rings (SSSR count). The summed E-state index contributed by atoms with van der Waals surface area (Å²) in [5.74, 6) is -1.06. The smallest absolute Gasteiger partial charge is 0.300 e. The van der Waals surface area contributed by atoms with Crippen molar-refractivity contribution < 1.29 is 14.7 Å². The molecule has 0 saturated carbocycles. The van der Waals surface area contributed by atoms with Gasteiger partial charge >= 0.3 is 0 Å². The third-order valence-electron chi connectivity index (χ3n) is 5.88. The third kappa shape index (κ3) is 3.70. The molecule has 1 aromatic heterocycles. The molecular formula is C26H25NO3S. The van der Waals surface area contributed by atoms with Gasteiger partial charge in [-0.15, -0.1) is 11.3 Å². The number of carbonyl (C=O) groups excluding carboxylic acids is 2. The summed E-state index contributed by atoms with van der Waals surface area (Å²) in [6.45, 7) is 8.16. The van der Waals surface area contributed by atoms with E-state index in [1.54, 1.807) is 6.07 Å². The van der Waals surface area contributed by atoms with Crippen molar-refractivity contribution in [2.75, 3.05) is 4.90 Å². The van der Waals surface area contributed by atoms with Crippen LogP contribution < -0.4 is 4.90 Å². The van der Waals surface area contributed by atoms with Gasteiger partial charge in [0.15, 0.2) is 0 Å². The molecule has 1 saturated heterocycles. The van der Waals surface area contributed by atoms with Crippen molar-refractivity contribution in [2.45, 2.75) is 39.7 Å². The van der Waals surface area contributed by atoms with Gasteiger partial charge in [0.05, 0.1) is 5.57 Å². The Kier molecular flexibility index (Phi) is 5.54. The Hall–Kier alpha value is -3.18. The molecule has 4 nitrogen and oxygen atoms in total. The Morgan fingerprint density at radius 3 is 2.29 bits per heavy atom. The van der Waals surface area contributed by atoms with Crippen LogP contribution in [0.5, 0.6) is 0 Å². The third-order valence-corrected chi connectivity index (χ3v) is 6.80. The maximum absolute atomic E-state index is 13.1. The normalized spacial score (nSPS) is 18.2. The molecular weight excluding hydrogens is 406 g/mol. The highest BCUT2D eigenvalue weighted by Gasteiger charge is 2.47. The van der Waals surface area contributed by atoms with Crippen LogP contribution in [0.4, 0.5) is 5.69 Å². The second kappa shape index (κ2) is 8.16. The zero-order chi connectivity index (χ0) is 22.3. The SMILES string of the molecule is Cc1ccc(/C(O)=C2/C(=O)C(=O)N(c3ccc(C(C)C)cc3)C2c2cccs2)cc1C. The fourth-order valence-electron chi connectivity index (χ4n) is 3.88. The molecule has 3 aromatic rings. The van der Waals surface area contributed by atoms with E-state index < -0.39 is 17.7 Å².